The standard InChI is InChI=1S/C16H22N4O2/c1-5-12(4)20-14(9-11(3)18-20)17-16(22)13-7-8-19(6-2)15(21)10-13/h7-10,12H,5-6H2,1-4H3,(H,17,22). The number of anilines is 1. The van der Waals surface area contributed by atoms with Crippen molar-refractivity contribution in [3.05, 3.63) is 46.0 Å². The number of aryl methyl sites for hydroxylation is 2. The van der Waals surface area contributed by atoms with E-state index in [0.717, 1.165) is 12.1 Å². The Morgan fingerprint density at radius 3 is 2.68 bits per heavy atom. The number of nitrogens with one attached hydrogen (secondary N) is 1. The fourth-order valence-corrected chi connectivity index (χ4v) is 2.22. The van der Waals surface area contributed by atoms with Crippen molar-refractivity contribution in [2.45, 2.75) is 46.7 Å². The van der Waals surface area contributed by atoms with Crippen LogP contribution in [0.4, 0.5) is 5.82 Å². The van der Waals surface area contributed by atoms with Crippen LogP contribution in [0.1, 0.15) is 49.3 Å². The first-order chi connectivity index (χ1) is 10.5. The van der Waals surface area contributed by atoms with Gasteiger partial charge in [-0.3, -0.25) is 9.59 Å². The van der Waals surface area contributed by atoms with Crippen LogP contribution >= 0.6 is 0 Å². The fraction of sp³-hybridized carbons (Fsp3) is 0.438. The molecule has 1 amide bonds. The second kappa shape index (κ2) is 6.60. The molecule has 0 radical (unpaired) electrons. The van der Waals surface area contributed by atoms with E-state index in [2.05, 4.69) is 17.3 Å². The van der Waals surface area contributed by atoms with Gasteiger partial charge in [0, 0.05) is 30.4 Å². The molecule has 1 unspecified atom stereocenters. The highest BCUT2D eigenvalue weighted by molar-refractivity contribution is 6.03. The number of pyridine rings is 1. The van der Waals surface area contributed by atoms with Gasteiger partial charge in [0.25, 0.3) is 11.5 Å². The number of hydrogen-bond acceptors (Lipinski definition) is 3. The van der Waals surface area contributed by atoms with Crippen molar-refractivity contribution in [2.75, 3.05) is 5.32 Å². The van der Waals surface area contributed by atoms with Crippen molar-refractivity contribution < 1.29 is 4.79 Å². The molecule has 2 aromatic heterocycles. The molecule has 22 heavy (non-hydrogen) atoms. The van der Waals surface area contributed by atoms with Crippen molar-refractivity contribution >= 4 is 11.7 Å². The summed E-state index contributed by atoms with van der Waals surface area (Å²) in [6, 6.07) is 5.03. The summed E-state index contributed by atoms with van der Waals surface area (Å²) in [5.41, 5.74) is 1.02. The molecule has 1 N–H and O–H groups in total. The summed E-state index contributed by atoms with van der Waals surface area (Å²) in [5, 5.41) is 7.25. The summed E-state index contributed by atoms with van der Waals surface area (Å²) < 4.78 is 3.35. The van der Waals surface area contributed by atoms with E-state index in [9.17, 15) is 9.59 Å². The van der Waals surface area contributed by atoms with Crippen LogP contribution in [-0.2, 0) is 6.54 Å². The third-order valence-electron chi connectivity index (χ3n) is 3.71. The maximum absolute atomic E-state index is 12.3. The maximum Gasteiger partial charge on any atom is 0.257 e. The van der Waals surface area contributed by atoms with E-state index in [1.54, 1.807) is 21.5 Å². The highest BCUT2D eigenvalue weighted by atomic mass is 16.2. The van der Waals surface area contributed by atoms with E-state index in [-0.39, 0.29) is 17.5 Å². The van der Waals surface area contributed by atoms with E-state index >= 15 is 0 Å². The minimum absolute atomic E-state index is 0.179. The molecule has 0 aliphatic rings. The Hall–Kier alpha value is -2.37. The van der Waals surface area contributed by atoms with Crippen molar-refractivity contribution in [3.8, 4) is 0 Å². The number of nitrogens with zero attached hydrogens (tertiary/aromatic N) is 3. The average molecular weight is 302 g/mol. The van der Waals surface area contributed by atoms with Crippen LogP contribution in [0.5, 0.6) is 0 Å². The maximum atomic E-state index is 12.3. The van der Waals surface area contributed by atoms with Crippen LogP contribution in [0.15, 0.2) is 29.2 Å². The van der Waals surface area contributed by atoms with E-state index in [1.807, 2.05) is 26.8 Å². The summed E-state index contributed by atoms with van der Waals surface area (Å²) in [5.74, 6) is 0.348. The summed E-state index contributed by atoms with van der Waals surface area (Å²) in [6.45, 7) is 8.47. The van der Waals surface area contributed by atoms with Gasteiger partial charge >= 0.3 is 0 Å². The predicted octanol–water partition coefficient (Wildman–Crippen LogP) is 2.60. The Morgan fingerprint density at radius 1 is 1.36 bits per heavy atom. The minimum atomic E-state index is -0.301. The van der Waals surface area contributed by atoms with Gasteiger partial charge in [-0.05, 0) is 33.3 Å². The molecular formula is C16H22N4O2. The molecular weight excluding hydrogens is 280 g/mol. The van der Waals surface area contributed by atoms with Gasteiger partial charge in [0.1, 0.15) is 5.82 Å². The van der Waals surface area contributed by atoms with Crippen LogP contribution in [0.2, 0.25) is 0 Å². The van der Waals surface area contributed by atoms with Gasteiger partial charge in [-0.1, -0.05) is 6.92 Å². The molecule has 6 nitrogen and oxygen atoms in total. The van der Waals surface area contributed by atoms with Crippen molar-refractivity contribution in [1.29, 1.82) is 0 Å². The molecule has 1 atom stereocenters. The van der Waals surface area contributed by atoms with Crippen LogP contribution in [0, 0.1) is 6.92 Å². The summed E-state index contributed by atoms with van der Waals surface area (Å²) in [7, 11) is 0. The molecule has 0 saturated carbocycles. The molecule has 118 valence electrons. The number of carbonyl (C=O) groups excluding carboxylic acids is 1. The van der Waals surface area contributed by atoms with Crippen molar-refractivity contribution in [3.63, 3.8) is 0 Å². The van der Waals surface area contributed by atoms with Gasteiger partial charge in [0.2, 0.25) is 0 Å². The molecule has 0 aromatic carbocycles. The van der Waals surface area contributed by atoms with Gasteiger partial charge in [-0.2, -0.15) is 5.10 Å². The Morgan fingerprint density at radius 2 is 2.09 bits per heavy atom. The van der Waals surface area contributed by atoms with Crippen LogP contribution < -0.4 is 10.9 Å². The molecule has 0 fully saturated rings. The molecule has 0 saturated heterocycles. The molecule has 0 aliphatic heterocycles. The Bertz CT molecular complexity index is 730. The molecule has 2 rings (SSSR count). The number of hydrogen-bond donors (Lipinski definition) is 1. The summed E-state index contributed by atoms with van der Waals surface area (Å²) >= 11 is 0. The molecule has 2 aromatic rings. The highest BCUT2D eigenvalue weighted by Crippen LogP contribution is 2.19. The second-order valence-electron chi connectivity index (χ2n) is 5.37. The first-order valence-electron chi connectivity index (χ1n) is 7.54. The molecule has 0 spiro atoms. The largest absolute Gasteiger partial charge is 0.316 e. The third kappa shape index (κ3) is 3.27. The average Bonchev–Trinajstić information content (AvgIpc) is 2.86. The van der Waals surface area contributed by atoms with E-state index in [4.69, 9.17) is 0 Å². The zero-order valence-electron chi connectivity index (χ0n) is 13.5. The number of aromatic nitrogens is 3. The first kappa shape index (κ1) is 16.0. The zero-order chi connectivity index (χ0) is 16.3. The van der Waals surface area contributed by atoms with Crippen LogP contribution in [-0.4, -0.2) is 20.3 Å². The lowest BCUT2D eigenvalue weighted by Gasteiger charge is -2.14. The number of rotatable bonds is 5. The normalized spacial score (nSPS) is 12.2. The van der Waals surface area contributed by atoms with Gasteiger partial charge in [0.15, 0.2) is 0 Å². The summed E-state index contributed by atoms with van der Waals surface area (Å²) in [6.07, 6.45) is 2.55. The molecule has 6 heteroatoms. The molecule has 0 aliphatic carbocycles. The van der Waals surface area contributed by atoms with Crippen LogP contribution in [0.3, 0.4) is 0 Å². The van der Waals surface area contributed by atoms with Gasteiger partial charge in [-0.25, -0.2) is 4.68 Å². The van der Waals surface area contributed by atoms with Gasteiger partial charge < -0.3 is 9.88 Å². The summed E-state index contributed by atoms with van der Waals surface area (Å²) in [4.78, 5) is 24.2. The third-order valence-corrected chi connectivity index (χ3v) is 3.71. The zero-order valence-corrected chi connectivity index (χ0v) is 13.5. The van der Waals surface area contributed by atoms with Crippen LogP contribution in [0.25, 0.3) is 0 Å². The monoisotopic (exact) mass is 302 g/mol. The van der Waals surface area contributed by atoms with E-state index in [0.29, 0.717) is 17.9 Å². The quantitative estimate of drug-likeness (QED) is 0.923. The molecule has 2 heterocycles. The Kier molecular flexibility index (Phi) is 4.80. The number of carbonyl (C=O) groups is 1. The smallest absolute Gasteiger partial charge is 0.257 e. The van der Waals surface area contributed by atoms with E-state index < -0.39 is 0 Å². The topological polar surface area (TPSA) is 68.9 Å². The van der Waals surface area contributed by atoms with Crippen molar-refractivity contribution in [1.82, 2.24) is 14.3 Å². The first-order valence-corrected chi connectivity index (χ1v) is 7.54. The molecule has 0 bridgehead atoms. The number of amides is 1. The predicted molar refractivity (Wildman–Crippen MR) is 86.3 cm³/mol. The SMILES string of the molecule is CCC(C)n1nc(C)cc1NC(=O)c1ccn(CC)c(=O)c1. The minimum Gasteiger partial charge on any atom is -0.316 e. The Balaban J connectivity index is 2.26. The lowest BCUT2D eigenvalue weighted by molar-refractivity contribution is 0.102. The second-order valence-corrected chi connectivity index (χ2v) is 5.37. The Labute approximate surface area is 129 Å². The highest BCUT2D eigenvalue weighted by Gasteiger charge is 2.14. The van der Waals surface area contributed by atoms with Gasteiger partial charge in [0.05, 0.1) is 11.7 Å². The van der Waals surface area contributed by atoms with Gasteiger partial charge in [-0.15, -0.1) is 0 Å². The van der Waals surface area contributed by atoms with Crippen molar-refractivity contribution in [2.24, 2.45) is 0 Å². The lowest BCUT2D eigenvalue weighted by atomic mass is 10.2. The lowest BCUT2D eigenvalue weighted by Crippen LogP contribution is -2.22. The van der Waals surface area contributed by atoms with E-state index in [1.165, 1.54) is 6.07 Å². The fourth-order valence-electron chi connectivity index (χ4n) is 2.22.